The second-order valence-electron chi connectivity index (χ2n) is 9.43. The quantitative estimate of drug-likeness (QED) is 0.231. The predicted molar refractivity (Wildman–Crippen MR) is 145 cm³/mol. The largest absolute Gasteiger partial charge is 0.454 e. The molecule has 7 aromatic rings. The molecule has 190 valence electrons. The molecule has 2 N–H and O–H groups in total. The van der Waals surface area contributed by atoms with Crippen LogP contribution in [0.4, 0.5) is 8.78 Å². The smallest absolute Gasteiger partial charge is 0.214 e. The van der Waals surface area contributed by atoms with Gasteiger partial charge in [0, 0.05) is 17.0 Å². The highest BCUT2D eigenvalue weighted by atomic mass is 19.2. The molecule has 39 heavy (non-hydrogen) atoms. The van der Waals surface area contributed by atoms with E-state index in [0.717, 1.165) is 33.7 Å². The number of ether oxygens (including phenoxy) is 1. The van der Waals surface area contributed by atoms with Crippen LogP contribution >= 0.6 is 0 Å². The number of hydrogen-bond donors (Lipinski definition) is 2. The van der Waals surface area contributed by atoms with Crippen molar-refractivity contribution >= 4 is 33.4 Å². The molecule has 4 aromatic carbocycles. The Balaban J connectivity index is 1.26. The van der Waals surface area contributed by atoms with Crippen molar-refractivity contribution in [3.8, 4) is 22.6 Å². The molecule has 0 aliphatic heterocycles. The SMILES string of the molecule is Cc1cccc(-c2cccc3[nH]c(C(=O)c4cnn5c4[nH]c4cc(Oc6cccc(F)c6F)ccc45)cc23)c1. The van der Waals surface area contributed by atoms with Gasteiger partial charge >= 0.3 is 0 Å². The van der Waals surface area contributed by atoms with E-state index in [1.54, 1.807) is 22.7 Å². The van der Waals surface area contributed by atoms with E-state index in [0.29, 0.717) is 33.7 Å². The topological polar surface area (TPSA) is 75.2 Å². The van der Waals surface area contributed by atoms with E-state index in [-0.39, 0.29) is 11.5 Å². The summed E-state index contributed by atoms with van der Waals surface area (Å²) in [5, 5.41) is 5.38. The number of halogens is 2. The van der Waals surface area contributed by atoms with E-state index in [1.807, 2.05) is 30.3 Å². The van der Waals surface area contributed by atoms with Crippen molar-refractivity contribution in [1.82, 2.24) is 19.6 Å². The van der Waals surface area contributed by atoms with Crippen molar-refractivity contribution in [3.63, 3.8) is 0 Å². The zero-order valence-electron chi connectivity index (χ0n) is 20.6. The van der Waals surface area contributed by atoms with Crippen LogP contribution in [0.15, 0.2) is 91.1 Å². The number of fused-ring (bicyclic) bond motifs is 4. The number of imidazole rings is 1. The maximum absolute atomic E-state index is 14.1. The summed E-state index contributed by atoms with van der Waals surface area (Å²) in [5.74, 6) is -2.16. The van der Waals surface area contributed by atoms with Gasteiger partial charge in [-0.15, -0.1) is 0 Å². The monoisotopic (exact) mass is 518 g/mol. The molecular formula is C31H20F2N4O2. The standard InChI is InChI=1S/C31H20F2N4O2/c1-17-5-2-6-18(13-17)20-7-3-9-24-21(20)15-26(35-24)30(38)22-16-34-37-27-12-11-19(14-25(27)36-31(22)37)39-28-10-4-8-23(32)29(28)33/h2-16,35-36H,1H3. The fraction of sp³-hybridized carbons (Fsp3) is 0.0323. The summed E-state index contributed by atoms with van der Waals surface area (Å²) in [6.45, 7) is 2.05. The van der Waals surface area contributed by atoms with Gasteiger partial charge in [-0.25, -0.2) is 8.91 Å². The van der Waals surface area contributed by atoms with Crippen LogP contribution in [0.5, 0.6) is 11.5 Å². The van der Waals surface area contributed by atoms with Crippen molar-refractivity contribution in [3.05, 3.63) is 120 Å². The molecule has 0 atom stereocenters. The molecule has 0 spiro atoms. The lowest BCUT2D eigenvalue weighted by Crippen LogP contribution is -2.01. The van der Waals surface area contributed by atoms with Crippen LogP contribution in [-0.4, -0.2) is 25.4 Å². The number of aromatic nitrogens is 4. The molecule has 3 aromatic heterocycles. The average Bonchev–Trinajstić information content (AvgIpc) is 3.64. The maximum Gasteiger partial charge on any atom is 0.214 e. The Bertz CT molecular complexity index is 2070. The van der Waals surface area contributed by atoms with Crippen LogP contribution in [0.1, 0.15) is 21.6 Å². The Kier molecular flexibility index (Phi) is 5.09. The lowest BCUT2D eigenvalue weighted by molar-refractivity contribution is 0.103. The minimum atomic E-state index is -1.06. The fourth-order valence-electron chi connectivity index (χ4n) is 4.99. The molecule has 3 heterocycles. The van der Waals surface area contributed by atoms with Gasteiger partial charge in [0.25, 0.3) is 0 Å². The van der Waals surface area contributed by atoms with Crippen molar-refractivity contribution < 1.29 is 18.3 Å². The number of aryl methyl sites for hydroxylation is 1. The molecule has 0 saturated carbocycles. The molecule has 0 saturated heterocycles. The second kappa shape index (κ2) is 8.66. The van der Waals surface area contributed by atoms with Crippen LogP contribution in [0.25, 0.3) is 38.7 Å². The first-order chi connectivity index (χ1) is 19.0. The molecule has 0 fully saturated rings. The summed E-state index contributed by atoms with van der Waals surface area (Å²) < 4.78 is 34.9. The number of nitrogens with one attached hydrogen (secondary N) is 2. The van der Waals surface area contributed by atoms with Crippen LogP contribution in [0.2, 0.25) is 0 Å². The Morgan fingerprint density at radius 1 is 0.897 bits per heavy atom. The van der Waals surface area contributed by atoms with Gasteiger partial charge in [0.2, 0.25) is 11.6 Å². The van der Waals surface area contributed by atoms with Gasteiger partial charge in [-0.1, -0.05) is 48.0 Å². The zero-order chi connectivity index (χ0) is 26.7. The highest BCUT2D eigenvalue weighted by Gasteiger charge is 2.21. The number of ketones is 1. The van der Waals surface area contributed by atoms with Crippen molar-refractivity contribution in [2.24, 2.45) is 0 Å². The minimum absolute atomic E-state index is 0.207. The van der Waals surface area contributed by atoms with E-state index in [9.17, 15) is 13.6 Å². The molecule has 7 rings (SSSR count). The lowest BCUT2D eigenvalue weighted by Gasteiger charge is -2.07. The van der Waals surface area contributed by atoms with Gasteiger partial charge in [0.05, 0.1) is 28.5 Å². The van der Waals surface area contributed by atoms with Crippen LogP contribution < -0.4 is 4.74 Å². The molecular weight excluding hydrogens is 498 g/mol. The van der Waals surface area contributed by atoms with Crippen LogP contribution in [-0.2, 0) is 0 Å². The lowest BCUT2D eigenvalue weighted by atomic mass is 10.00. The summed E-state index contributed by atoms with van der Waals surface area (Å²) in [6.07, 6.45) is 1.53. The van der Waals surface area contributed by atoms with Crippen molar-refractivity contribution in [2.75, 3.05) is 0 Å². The Morgan fingerprint density at radius 3 is 2.62 bits per heavy atom. The van der Waals surface area contributed by atoms with Gasteiger partial charge in [0.1, 0.15) is 11.4 Å². The summed E-state index contributed by atoms with van der Waals surface area (Å²) in [5.41, 5.74) is 6.84. The summed E-state index contributed by atoms with van der Waals surface area (Å²) in [4.78, 5) is 20.1. The van der Waals surface area contributed by atoms with E-state index < -0.39 is 11.6 Å². The van der Waals surface area contributed by atoms with Crippen molar-refractivity contribution in [2.45, 2.75) is 6.92 Å². The van der Waals surface area contributed by atoms with Crippen LogP contribution in [0, 0.1) is 18.6 Å². The number of rotatable bonds is 5. The highest BCUT2D eigenvalue weighted by Crippen LogP contribution is 2.32. The van der Waals surface area contributed by atoms with Gasteiger partial charge < -0.3 is 14.7 Å². The minimum Gasteiger partial charge on any atom is -0.454 e. The average molecular weight is 519 g/mol. The molecule has 6 nitrogen and oxygen atoms in total. The first-order valence-corrected chi connectivity index (χ1v) is 12.3. The predicted octanol–water partition coefficient (Wildman–Crippen LogP) is 7.57. The zero-order valence-corrected chi connectivity index (χ0v) is 20.6. The Hall–Kier alpha value is -5.24. The van der Waals surface area contributed by atoms with E-state index in [2.05, 4.69) is 40.2 Å². The Labute approximate surface area is 220 Å². The normalized spacial score (nSPS) is 11.6. The van der Waals surface area contributed by atoms with Gasteiger partial charge in [0.15, 0.2) is 11.6 Å². The third-order valence-electron chi connectivity index (χ3n) is 6.84. The molecule has 8 heteroatoms. The van der Waals surface area contributed by atoms with E-state index in [1.165, 1.54) is 18.3 Å². The van der Waals surface area contributed by atoms with Crippen molar-refractivity contribution in [1.29, 1.82) is 0 Å². The fourth-order valence-corrected chi connectivity index (χ4v) is 4.99. The van der Waals surface area contributed by atoms with Gasteiger partial charge in [-0.3, -0.25) is 4.79 Å². The number of benzene rings is 4. The third kappa shape index (κ3) is 3.76. The molecule has 0 radical (unpaired) electrons. The number of aromatic amines is 2. The summed E-state index contributed by atoms with van der Waals surface area (Å²) >= 11 is 0. The molecule has 0 amide bonds. The number of carbonyl (C=O) groups is 1. The molecule has 0 aliphatic carbocycles. The number of H-pyrrole nitrogens is 2. The number of carbonyl (C=O) groups excluding carboxylic acids is 1. The van der Waals surface area contributed by atoms with E-state index in [4.69, 9.17) is 4.74 Å². The molecule has 0 unspecified atom stereocenters. The molecule has 0 bridgehead atoms. The Morgan fingerprint density at radius 2 is 1.74 bits per heavy atom. The van der Waals surface area contributed by atoms with Gasteiger partial charge in [-0.05, 0) is 54.4 Å². The van der Waals surface area contributed by atoms with E-state index >= 15 is 0 Å². The van der Waals surface area contributed by atoms with Crippen LogP contribution in [0.3, 0.4) is 0 Å². The van der Waals surface area contributed by atoms with Gasteiger partial charge in [-0.2, -0.15) is 9.49 Å². The second-order valence-corrected chi connectivity index (χ2v) is 9.43. The molecule has 0 aliphatic rings. The maximum atomic E-state index is 14.1. The number of nitrogens with zero attached hydrogens (tertiary/aromatic N) is 2. The first-order valence-electron chi connectivity index (χ1n) is 12.3. The summed E-state index contributed by atoms with van der Waals surface area (Å²) in [6, 6.07) is 24.9. The third-order valence-corrected chi connectivity index (χ3v) is 6.84. The first kappa shape index (κ1) is 22.9. The highest BCUT2D eigenvalue weighted by molar-refractivity contribution is 6.14. The summed E-state index contributed by atoms with van der Waals surface area (Å²) in [7, 11) is 0. The number of hydrogen-bond acceptors (Lipinski definition) is 3.